The maximum atomic E-state index is 12.7. The van der Waals surface area contributed by atoms with E-state index < -0.39 is 0 Å². The normalized spacial score (nSPS) is 10.9. The van der Waals surface area contributed by atoms with Crippen LogP contribution in [0, 0.1) is 0 Å². The van der Waals surface area contributed by atoms with Crippen molar-refractivity contribution in [1.82, 2.24) is 9.97 Å². The molecule has 2 aromatic heterocycles. The van der Waals surface area contributed by atoms with Gasteiger partial charge in [0.05, 0.1) is 10.6 Å². The van der Waals surface area contributed by atoms with Crippen molar-refractivity contribution in [1.29, 1.82) is 0 Å². The molecule has 0 radical (unpaired) electrons. The minimum absolute atomic E-state index is 0.0453. The second-order valence-electron chi connectivity index (χ2n) is 4.25. The van der Waals surface area contributed by atoms with Gasteiger partial charge in [-0.15, -0.1) is 11.8 Å². The van der Waals surface area contributed by atoms with Crippen LogP contribution in [-0.2, 0) is 0 Å². The Balaban J connectivity index is 2.18. The van der Waals surface area contributed by atoms with Crippen LogP contribution in [0.15, 0.2) is 47.6 Å². The largest absolute Gasteiger partial charge is 0.345 e. The van der Waals surface area contributed by atoms with Gasteiger partial charge < -0.3 is 4.98 Å². The van der Waals surface area contributed by atoms with E-state index in [4.69, 9.17) is 11.6 Å². The van der Waals surface area contributed by atoms with Gasteiger partial charge in [0.25, 0.3) is 0 Å². The number of fused-ring (bicyclic) bond motifs is 1. The molecule has 1 aromatic carbocycles. The number of rotatable bonds is 3. The molecule has 0 unspecified atom stereocenters. The molecule has 0 atom stereocenters. The molecule has 3 aromatic rings. The maximum absolute atomic E-state index is 12.7. The zero-order valence-corrected chi connectivity index (χ0v) is 12.3. The van der Waals surface area contributed by atoms with Crippen molar-refractivity contribution in [2.45, 2.75) is 4.90 Å². The molecule has 1 N–H and O–H groups in total. The molecule has 5 heteroatoms. The van der Waals surface area contributed by atoms with Crippen molar-refractivity contribution in [3.63, 3.8) is 0 Å². The fourth-order valence-electron chi connectivity index (χ4n) is 2.17. The Morgan fingerprint density at radius 1 is 1.25 bits per heavy atom. The number of aromatic nitrogens is 2. The highest BCUT2D eigenvalue weighted by molar-refractivity contribution is 7.98. The fraction of sp³-hybridized carbons (Fsp3) is 0.0667. The van der Waals surface area contributed by atoms with E-state index in [1.807, 2.05) is 30.5 Å². The highest BCUT2D eigenvalue weighted by Gasteiger charge is 2.18. The number of aromatic amines is 1. The number of carbonyl (C=O) groups is 1. The number of pyridine rings is 1. The first-order valence-electron chi connectivity index (χ1n) is 6.01. The number of hydrogen-bond acceptors (Lipinski definition) is 3. The summed E-state index contributed by atoms with van der Waals surface area (Å²) >= 11 is 7.74. The topological polar surface area (TPSA) is 45.8 Å². The predicted octanol–water partition coefficient (Wildman–Crippen LogP) is 4.17. The molecule has 3 rings (SSSR count). The van der Waals surface area contributed by atoms with E-state index in [0.717, 1.165) is 4.90 Å². The van der Waals surface area contributed by atoms with Gasteiger partial charge in [0.1, 0.15) is 5.65 Å². The highest BCUT2D eigenvalue weighted by Crippen LogP contribution is 2.29. The number of halogens is 1. The van der Waals surface area contributed by atoms with Gasteiger partial charge in [0.15, 0.2) is 5.78 Å². The predicted molar refractivity (Wildman–Crippen MR) is 82.8 cm³/mol. The molecular formula is C15H11ClN2OS. The van der Waals surface area contributed by atoms with Crippen LogP contribution in [-0.4, -0.2) is 22.0 Å². The SMILES string of the molecule is CSc1ccccc1C(=O)c1c[nH]c2nccc(Cl)c12. The summed E-state index contributed by atoms with van der Waals surface area (Å²) in [6, 6.07) is 9.24. The summed E-state index contributed by atoms with van der Waals surface area (Å²) in [5.74, 6) is -0.0453. The first kappa shape index (κ1) is 13.2. The molecule has 0 saturated carbocycles. The van der Waals surface area contributed by atoms with Crippen LogP contribution in [0.4, 0.5) is 0 Å². The van der Waals surface area contributed by atoms with Gasteiger partial charge in [0.2, 0.25) is 0 Å². The lowest BCUT2D eigenvalue weighted by atomic mass is 10.0. The standard InChI is InChI=1S/C15H11ClN2OS/c1-20-12-5-3-2-4-9(12)14(19)10-8-18-15-13(10)11(16)6-7-17-15/h2-8H,1H3,(H,17,18). The third-order valence-electron chi connectivity index (χ3n) is 3.12. The summed E-state index contributed by atoms with van der Waals surface area (Å²) in [7, 11) is 0. The van der Waals surface area contributed by atoms with Gasteiger partial charge in [-0.2, -0.15) is 0 Å². The van der Waals surface area contributed by atoms with E-state index in [9.17, 15) is 4.79 Å². The zero-order valence-electron chi connectivity index (χ0n) is 10.7. The minimum atomic E-state index is -0.0453. The first-order valence-corrected chi connectivity index (χ1v) is 7.62. The number of carbonyl (C=O) groups excluding carboxylic acids is 1. The fourth-order valence-corrected chi connectivity index (χ4v) is 3.02. The smallest absolute Gasteiger partial charge is 0.196 e. The average molecular weight is 303 g/mol. The number of benzene rings is 1. The lowest BCUT2D eigenvalue weighted by molar-refractivity contribution is 0.103. The minimum Gasteiger partial charge on any atom is -0.345 e. The van der Waals surface area contributed by atoms with Gasteiger partial charge in [-0.25, -0.2) is 4.98 Å². The molecule has 0 spiro atoms. The Labute approximate surface area is 125 Å². The van der Waals surface area contributed by atoms with E-state index >= 15 is 0 Å². The Bertz CT molecular complexity index is 797. The summed E-state index contributed by atoms with van der Waals surface area (Å²) in [5.41, 5.74) is 1.86. The van der Waals surface area contributed by atoms with Gasteiger partial charge in [-0.1, -0.05) is 23.7 Å². The number of hydrogen-bond donors (Lipinski definition) is 1. The van der Waals surface area contributed by atoms with Gasteiger partial charge in [-0.3, -0.25) is 4.79 Å². The molecule has 100 valence electrons. The van der Waals surface area contributed by atoms with Gasteiger partial charge in [-0.05, 0) is 24.5 Å². The van der Waals surface area contributed by atoms with Crippen molar-refractivity contribution in [2.75, 3.05) is 6.26 Å². The molecule has 3 nitrogen and oxygen atoms in total. The van der Waals surface area contributed by atoms with E-state index in [0.29, 0.717) is 27.2 Å². The van der Waals surface area contributed by atoms with E-state index in [1.54, 1.807) is 30.2 Å². The number of ketones is 1. The second kappa shape index (κ2) is 5.31. The summed E-state index contributed by atoms with van der Waals surface area (Å²) in [6.45, 7) is 0. The van der Waals surface area contributed by atoms with Crippen LogP contribution in [0.3, 0.4) is 0 Å². The summed E-state index contributed by atoms with van der Waals surface area (Å²) < 4.78 is 0. The highest BCUT2D eigenvalue weighted by atomic mass is 35.5. The van der Waals surface area contributed by atoms with Crippen molar-refractivity contribution < 1.29 is 4.79 Å². The van der Waals surface area contributed by atoms with E-state index in [2.05, 4.69) is 9.97 Å². The zero-order chi connectivity index (χ0) is 14.1. The molecule has 0 aliphatic heterocycles. The van der Waals surface area contributed by atoms with Crippen LogP contribution in [0.5, 0.6) is 0 Å². The molecule has 0 aliphatic carbocycles. The van der Waals surface area contributed by atoms with E-state index in [-0.39, 0.29) is 5.78 Å². The van der Waals surface area contributed by atoms with E-state index in [1.165, 1.54) is 0 Å². The van der Waals surface area contributed by atoms with Crippen molar-refractivity contribution in [3.8, 4) is 0 Å². The Morgan fingerprint density at radius 3 is 2.85 bits per heavy atom. The van der Waals surface area contributed by atoms with Crippen molar-refractivity contribution in [3.05, 3.63) is 58.9 Å². The third kappa shape index (κ3) is 2.11. The van der Waals surface area contributed by atoms with Crippen molar-refractivity contribution in [2.24, 2.45) is 0 Å². The lowest BCUT2D eigenvalue weighted by Gasteiger charge is -2.05. The lowest BCUT2D eigenvalue weighted by Crippen LogP contribution is -2.02. The monoisotopic (exact) mass is 302 g/mol. The molecule has 0 bridgehead atoms. The van der Waals surface area contributed by atoms with Crippen molar-refractivity contribution >= 4 is 40.2 Å². The Kier molecular flexibility index (Phi) is 3.51. The number of nitrogens with zero attached hydrogens (tertiary/aromatic N) is 1. The molecule has 0 amide bonds. The average Bonchev–Trinajstić information content (AvgIpc) is 2.92. The molecule has 0 aliphatic rings. The van der Waals surface area contributed by atoms with Crippen LogP contribution >= 0.6 is 23.4 Å². The second-order valence-corrected chi connectivity index (χ2v) is 5.50. The molecule has 2 heterocycles. The summed E-state index contributed by atoms with van der Waals surface area (Å²) in [4.78, 5) is 20.9. The van der Waals surface area contributed by atoms with Crippen LogP contribution < -0.4 is 0 Å². The molecule has 20 heavy (non-hydrogen) atoms. The Morgan fingerprint density at radius 2 is 2.05 bits per heavy atom. The molecule has 0 saturated heterocycles. The van der Waals surface area contributed by atoms with Crippen LogP contribution in [0.25, 0.3) is 11.0 Å². The summed E-state index contributed by atoms with van der Waals surface area (Å²) in [6.07, 6.45) is 5.24. The first-order chi connectivity index (χ1) is 9.72. The third-order valence-corrected chi connectivity index (χ3v) is 4.23. The number of H-pyrrole nitrogens is 1. The number of thioether (sulfide) groups is 1. The van der Waals surface area contributed by atoms with Gasteiger partial charge in [0, 0.05) is 28.2 Å². The number of nitrogens with one attached hydrogen (secondary N) is 1. The van der Waals surface area contributed by atoms with Gasteiger partial charge >= 0.3 is 0 Å². The molecular weight excluding hydrogens is 292 g/mol. The van der Waals surface area contributed by atoms with Crippen LogP contribution in [0.1, 0.15) is 15.9 Å². The van der Waals surface area contributed by atoms with Crippen LogP contribution in [0.2, 0.25) is 5.02 Å². The molecule has 0 fully saturated rings. The maximum Gasteiger partial charge on any atom is 0.196 e. The Hall–Kier alpha value is -1.78. The summed E-state index contributed by atoms with van der Waals surface area (Å²) in [5, 5.41) is 1.20. The quantitative estimate of drug-likeness (QED) is 0.583.